The summed E-state index contributed by atoms with van der Waals surface area (Å²) in [6.07, 6.45) is 5.53. The normalized spacial score (nSPS) is 14.4. The van der Waals surface area contributed by atoms with E-state index in [0.717, 1.165) is 37.9 Å². The molecule has 0 amide bonds. The lowest BCUT2D eigenvalue weighted by Crippen LogP contribution is -2.28. The zero-order chi connectivity index (χ0) is 25.5. The molecule has 2 heterocycles. The molecule has 1 aliphatic heterocycles. The molecule has 6 nitrogen and oxygen atoms in total. The highest BCUT2D eigenvalue weighted by molar-refractivity contribution is 6.39. The fourth-order valence-corrected chi connectivity index (χ4v) is 4.98. The van der Waals surface area contributed by atoms with E-state index < -0.39 is 0 Å². The molecular formula is C27H31Cl2FN6. The predicted octanol–water partition coefficient (Wildman–Crippen LogP) is 5.69. The molecule has 4 rings (SSSR count). The second-order valence-electron chi connectivity index (χ2n) is 8.95. The summed E-state index contributed by atoms with van der Waals surface area (Å²) in [7, 11) is 0. The summed E-state index contributed by atoms with van der Waals surface area (Å²) in [5.41, 5.74) is 8.64. The van der Waals surface area contributed by atoms with Crippen LogP contribution in [0.2, 0.25) is 10.0 Å². The van der Waals surface area contributed by atoms with E-state index in [-0.39, 0.29) is 5.82 Å². The Morgan fingerprint density at radius 1 is 1.22 bits per heavy atom. The van der Waals surface area contributed by atoms with E-state index in [1.165, 1.54) is 12.1 Å². The van der Waals surface area contributed by atoms with Crippen molar-refractivity contribution in [2.24, 2.45) is 10.9 Å². The zero-order valence-corrected chi connectivity index (χ0v) is 21.6. The van der Waals surface area contributed by atoms with Gasteiger partial charge in [-0.15, -0.1) is 0 Å². The largest absolute Gasteiger partial charge is 0.383 e. The number of rotatable bonds is 10. The number of nitrogens with two attached hydrogens (primary N) is 1. The molecule has 0 spiro atoms. The van der Waals surface area contributed by atoms with Crippen LogP contribution in [0, 0.1) is 11.7 Å². The Kier molecular flexibility index (Phi) is 9.02. The van der Waals surface area contributed by atoms with Gasteiger partial charge in [0.15, 0.2) is 0 Å². The fourth-order valence-electron chi connectivity index (χ4n) is 4.42. The van der Waals surface area contributed by atoms with Crippen molar-refractivity contribution in [1.82, 2.24) is 20.2 Å². The van der Waals surface area contributed by atoms with Crippen LogP contribution < -0.4 is 16.4 Å². The molecular weight excluding hydrogens is 498 g/mol. The van der Waals surface area contributed by atoms with Crippen LogP contribution in [0.25, 0.3) is 11.4 Å². The monoisotopic (exact) mass is 528 g/mol. The highest BCUT2D eigenvalue weighted by atomic mass is 35.5. The Labute approximate surface area is 221 Å². The Morgan fingerprint density at radius 3 is 2.67 bits per heavy atom. The van der Waals surface area contributed by atoms with Crippen LogP contribution >= 0.6 is 23.2 Å². The van der Waals surface area contributed by atoms with E-state index in [4.69, 9.17) is 33.9 Å². The standard InChI is InChI=1S/C27H31Cl2FN6/c1-18(33-14-10-20-4-2-5-21(30)16-20)34-17-24-26(31)36(15-11-19-8-12-32-13-9-19)27(35-24)25-22(28)6-3-7-23(25)29/h2-7,16-17,19,32-33H,1,8-15,31H2/b34-17-. The van der Waals surface area contributed by atoms with Gasteiger partial charge in [0.2, 0.25) is 0 Å². The molecule has 0 saturated carbocycles. The van der Waals surface area contributed by atoms with Crippen LogP contribution in [-0.2, 0) is 13.0 Å². The van der Waals surface area contributed by atoms with E-state index in [0.29, 0.717) is 64.2 Å². The van der Waals surface area contributed by atoms with Gasteiger partial charge < -0.3 is 20.9 Å². The molecule has 1 aliphatic rings. The summed E-state index contributed by atoms with van der Waals surface area (Å²) in [6, 6.07) is 11.9. The summed E-state index contributed by atoms with van der Waals surface area (Å²) >= 11 is 13.0. The molecule has 3 aromatic rings. The van der Waals surface area contributed by atoms with Crippen LogP contribution in [0.3, 0.4) is 0 Å². The number of nitrogens with zero attached hydrogens (tertiary/aromatic N) is 3. The number of aliphatic imine (C=N–C) groups is 1. The maximum Gasteiger partial charge on any atom is 0.145 e. The molecule has 1 aromatic heterocycles. The number of anilines is 1. The van der Waals surface area contributed by atoms with E-state index >= 15 is 0 Å². The summed E-state index contributed by atoms with van der Waals surface area (Å²) < 4.78 is 15.3. The van der Waals surface area contributed by atoms with Crippen LogP contribution in [-0.4, -0.2) is 35.4 Å². The SMILES string of the molecule is C=C(/N=C\c1nc(-c2c(Cl)cccc2Cl)n(CCC2CCNCC2)c1N)NCCc1cccc(F)c1. The minimum Gasteiger partial charge on any atom is -0.383 e. The first-order valence-electron chi connectivity index (χ1n) is 12.1. The van der Waals surface area contributed by atoms with E-state index in [1.54, 1.807) is 24.4 Å². The minimum atomic E-state index is -0.245. The number of hydrogen-bond acceptors (Lipinski definition) is 5. The second-order valence-corrected chi connectivity index (χ2v) is 9.76. The molecule has 1 saturated heterocycles. The summed E-state index contributed by atoms with van der Waals surface area (Å²) in [5, 5.41) is 7.58. The summed E-state index contributed by atoms with van der Waals surface area (Å²) in [4.78, 5) is 9.18. The van der Waals surface area contributed by atoms with E-state index in [1.807, 2.05) is 16.7 Å². The number of nitrogen functional groups attached to an aromatic ring is 1. The summed E-state index contributed by atoms with van der Waals surface area (Å²) in [5.74, 6) is 1.98. The van der Waals surface area contributed by atoms with E-state index in [2.05, 4.69) is 22.2 Å². The molecule has 36 heavy (non-hydrogen) atoms. The number of aromatic nitrogens is 2. The average Bonchev–Trinajstić information content (AvgIpc) is 3.17. The van der Waals surface area contributed by atoms with Gasteiger partial charge in [-0.25, -0.2) is 14.4 Å². The Balaban J connectivity index is 1.50. The molecule has 0 atom stereocenters. The first-order chi connectivity index (χ1) is 17.4. The van der Waals surface area contributed by atoms with Crippen LogP contribution in [0.5, 0.6) is 0 Å². The van der Waals surface area contributed by atoms with Crippen molar-refractivity contribution < 1.29 is 4.39 Å². The Hall–Kier alpha value is -2.87. The quantitative estimate of drug-likeness (QED) is 0.295. The maximum atomic E-state index is 13.4. The van der Waals surface area contributed by atoms with Crippen LogP contribution in [0.4, 0.5) is 10.2 Å². The molecule has 4 N–H and O–H groups in total. The van der Waals surface area contributed by atoms with Crippen molar-refractivity contribution in [3.05, 3.63) is 82.0 Å². The number of halogens is 3. The van der Waals surface area contributed by atoms with Crippen molar-refractivity contribution in [2.45, 2.75) is 32.2 Å². The first-order valence-corrected chi connectivity index (χ1v) is 12.9. The molecule has 0 radical (unpaired) electrons. The number of imidazole rings is 1. The Morgan fingerprint density at radius 2 is 1.94 bits per heavy atom. The van der Waals surface area contributed by atoms with Gasteiger partial charge in [-0.3, -0.25) is 0 Å². The molecule has 1 fully saturated rings. The third-order valence-corrected chi connectivity index (χ3v) is 7.05. The Bertz CT molecular complexity index is 1210. The number of nitrogens with one attached hydrogen (secondary N) is 2. The molecule has 0 aliphatic carbocycles. The van der Waals surface area contributed by atoms with Crippen molar-refractivity contribution in [3.8, 4) is 11.4 Å². The lowest BCUT2D eigenvalue weighted by atomic mass is 9.94. The third kappa shape index (κ3) is 6.66. The van der Waals surface area contributed by atoms with Gasteiger partial charge in [-0.05, 0) is 74.5 Å². The van der Waals surface area contributed by atoms with Crippen LogP contribution in [0.1, 0.15) is 30.5 Å². The van der Waals surface area contributed by atoms with Crippen LogP contribution in [0.15, 0.2) is 59.9 Å². The summed E-state index contributed by atoms with van der Waals surface area (Å²) in [6.45, 7) is 7.32. The lowest BCUT2D eigenvalue weighted by Gasteiger charge is -2.23. The molecule has 9 heteroatoms. The number of piperidine rings is 1. The van der Waals surface area contributed by atoms with Crippen molar-refractivity contribution in [1.29, 1.82) is 0 Å². The van der Waals surface area contributed by atoms with Gasteiger partial charge in [0.1, 0.15) is 29.0 Å². The highest BCUT2D eigenvalue weighted by Crippen LogP contribution is 2.36. The lowest BCUT2D eigenvalue weighted by molar-refractivity contribution is 0.339. The van der Waals surface area contributed by atoms with Gasteiger partial charge in [-0.1, -0.05) is 48.0 Å². The molecule has 190 valence electrons. The van der Waals surface area contributed by atoms with Crippen molar-refractivity contribution >= 4 is 35.2 Å². The van der Waals surface area contributed by atoms with Gasteiger partial charge in [0.05, 0.1) is 21.8 Å². The highest BCUT2D eigenvalue weighted by Gasteiger charge is 2.21. The molecule has 0 unspecified atom stereocenters. The van der Waals surface area contributed by atoms with E-state index in [9.17, 15) is 4.39 Å². The smallest absolute Gasteiger partial charge is 0.145 e. The zero-order valence-electron chi connectivity index (χ0n) is 20.1. The number of benzene rings is 2. The molecule has 0 bridgehead atoms. The third-order valence-electron chi connectivity index (χ3n) is 6.42. The van der Waals surface area contributed by atoms with Crippen molar-refractivity contribution in [3.63, 3.8) is 0 Å². The predicted molar refractivity (Wildman–Crippen MR) is 147 cm³/mol. The first kappa shape index (κ1) is 26.2. The fraction of sp³-hybridized carbons (Fsp3) is 0.333. The van der Waals surface area contributed by atoms with Gasteiger partial charge >= 0.3 is 0 Å². The maximum absolute atomic E-state index is 13.4. The van der Waals surface area contributed by atoms with Crippen molar-refractivity contribution in [2.75, 3.05) is 25.4 Å². The average molecular weight is 529 g/mol. The topological polar surface area (TPSA) is 80.3 Å². The molecule has 2 aromatic carbocycles. The van der Waals surface area contributed by atoms with Gasteiger partial charge in [0.25, 0.3) is 0 Å². The van der Waals surface area contributed by atoms with Gasteiger partial charge in [0, 0.05) is 13.1 Å². The second kappa shape index (κ2) is 12.4. The number of hydrogen-bond donors (Lipinski definition) is 3. The minimum absolute atomic E-state index is 0.245. The van der Waals surface area contributed by atoms with Gasteiger partial charge in [-0.2, -0.15) is 0 Å².